The molecule has 8 nitrogen and oxygen atoms in total. The third kappa shape index (κ3) is 4.50. The van der Waals surface area contributed by atoms with Crippen molar-refractivity contribution in [3.63, 3.8) is 0 Å². The highest BCUT2D eigenvalue weighted by molar-refractivity contribution is 7.07. The average Bonchev–Trinajstić information content (AvgIpc) is 3.27. The van der Waals surface area contributed by atoms with Crippen LogP contribution < -0.4 is 15.5 Å². The van der Waals surface area contributed by atoms with Crippen LogP contribution in [0.4, 0.5) is 11.4 Å². The smallest absolute Gasteiger partial charge is 0.307 e. The van der Waals surface area contributed by atoms with Gasteiger partial charge in [0.05, 0.1) is 0 Å². The van der Waals surface area contributed by atoms with E-state index < -0.39 is 6.04 Å². The summed E-state index contributed by atoms with van der Waals surface area (Å²) in [6, 6.07) is 8.12. The van der Waals surface area contributed by atoms with E-state index in [1.165, 1.54) is 4.57 Å². The standard InChI is InChI=1S/C18H19N5O3S/c1-12-11-27-18(26)22(12)10-16(24)20-14-5-3-6-15(9-14)21-17(25)13(2)23-8-4-7-19-23/h3-9,11,13H,10H2,1-2H3,(H,20,24)(H,21,25). The van der Waals surface area contributed by atoms with Crippen LogP contribution in [-0.4, -0.2) is 26.2 Å². The van der Waals surface area contributed by atoms with E-state index in [-0.39, 0.29) is 23.2 Å². The number of benzene rings is 1. The Bertz CT molecular complexity index is 1010. The molecule has 0 bridgehead atoms. The monoisotopic (exact) mass is 385 g/mol. The number of hydrogen-bond acceptors (Lipinski definition) is 5. The summed E-state index contributed by atoms with van der Waals surface area (Å²) in [5, 5.41) is 11.3. The number of aryl methyl sites for hydroxylation is 1. The van der Waals surface area contributed by atoms with Crippen molar-refractivity contribution in [1.82, 2.24) is 14.3 Å². The Balaban J connectivity index is 1.64. The Morgan fingerprint density at radius 3 is 2.59 bits per heavy atom. The molecule has 2 heterocycles. The Morgan fingerprint density at radius 2 is 1.96 bits per heavy atom. The Morgan fingerprint density at radius 1 is 1.22 bits per heavy atom. The van der Waals surface area contributed by atoms with Gasteiger partial charge in [-0.25, -0.2) is 0 Å². The lowest BCUT2D eigenvalue weighted by molar-refractivity contribution is -0.119. The first-order chi connectivity index (χ1) is 12.9. The molecule has 0 aliphatic heterocycles. The molecule has 0 saturated heterocycles. The topological polar surface area (TPSA) is 98.0 Å². The second kappa shape index (κ2) is 8.00. The van der Waals surface area contributed by atoms with Crippen LogP contribution in [0.25, 0.3) is 0 Å². The summed E-state index contributed by atoms with van der Waals surface area (Å²) < 4.78 is 2.97. The van der Waals surface area contributed by atoms with Crippen LogP contribution >= 0.6 is 11.3 Å². The average molecular weight is 385 g/mol. The molecule has 2 amide bonds. The van der Waals surface area contributed by atoms with Gasteiger partial charge in [0.2, 0.25) is 11.8 Å². The molecule has 1 unspecified atom stereocenters. The largest absolute Gasteiger partial charge is 0.324 e. The zero-order valence-corrected chi connectivity index (χ0v) is 15.7. The summed E-state index contributed by atoms with van der Waals surface area (Å²) >= 11 is 1.06. The summed E-state index contributed by atoms with van der Waals surface area (Å²) in [6.45, 7) is 3.47. The molecule has 1 aromatic carbocycles. The summed E-state index contributed by atoms with van der Waals surface area (Å²) in [4.78, 5) is 36.1. The molecule has 3 rings (SSSR count). The number of nitrogens with zero attached hydrogens (tertiary/aromatic N) is 3. The molecule has 0 radical (unpaired) electrons. The molecule has 0 fully saturated rings. The molecular formula is C18H19N5O3S. The van der Waals surface area contributed by atoms with E-state index >= 15 is 0 Å². The molecule has 0 saturated carbocycles. The zero-order valence-electron chi connectivity index (χ0n) is 14.9. The predicted octanol–water partition coefficient (Wildman–Crippen LogP) is 2.25. The summed E-state index contributed by atoms with van der Waals surface area (Å²) in [5.74, 6) is -0.533. The maximum atomic E-state index is 12.3. The number of hydrogen-bond donors (Lipinski definition) is 2. The van der Waals surface area contributed by atoms with Crippen molar-refractivity contribution >= 4 is 34.5 Å². The lowest BCUT2D eigenvalue weighted by Gasteiger charge is -2.13. The molecule has 140 valence electrons. The normalized spacial score (nSPS) is 11.8. The molecule has 2 N–H and O–H groups in total. The first-order valence-electron chi connectivity index (χ1n) is 8.29. The maximum Gasteiger partial charge on any atom is 0.307 e. The summed E-state index contributed by atoms with van der Waals surface area (Å²) in [7, 11) is 0. The van der Waals surface area contributed by atoms with Crippen LogP contribution in [0.15, 0.2) is 52.9 Å². The first-order valence-corrected chi connectivity index (χ1v) is 9.17. The van der Waals surface area contributed by atoms with Crippen molar-refractivity contribution < 1.29 is 9.59 Å². The van der Waals surface area contributed by atoms with Gasteiger partial charge in [0.15, 0.2) is 0 Å². The highest BCUT2D eigenvalue weighted by Gasteiger charge is 2.15. The third-order valence-corrected chi connectivity index (χ3v) is 4.87. The van der Waals surface area contributed by atoms with E-state index in [9.17, 15) is 14.4 Å². The minimum atomic E-state index is -0.466. The van der Waals surface area contributed by atoms with E-state index in [1.807, 2.05) is 0 Å². The fraction of sp³-hybridized carbons (Fsp3) is 0.222. The van der Waals surface area contributed by atoms with Crippen molar-refractivity contribution in [1.29, 1.82) is 0 Å². The number of rotatable bonds is 6. The lowest BCUT2D eigenvalue weighted by atomic mass is 10.2. The number of anilines is 2. The molecule has 1 atom stereocenters. The van der Waals surface area contributed by atoms with E-state index in [0.717, 1.165) is 17.0 Å². The lowest BCUT2D eigenvalue weighted by Crippen LogP contribution is -2.25. The van der Waals surface area contributed by atoms with E-state index in [2.05, 4.69) is 15.7 Å². The number of nitrogens with one attached hydrogen (secondary N) is 2. The molecule has 9 heteroatoms. The van der Waals surface area contributed by atoms with Crippen molar-refractivity contribution in [3.05, 3.63) is 63.5 Å². The van der Waals surface area contributed by atoms with E-state index in [4.69, 9.17) is 0 Å². The molecule has 0 aliphatic rings. The van der Waals surface area contributed by atoms with Crippen molar-refractivity contribution in [2.75, 3.05) is 10.6 Å². The van der Waals surface area contributed by atoms with Gasteiger partial charge in [-0.15, -0.1) is 0 Å². The summed E-state index contributed by atoms with van der Waals surface area (Å²) in [6.07, 6.45) is 3.33. The minimum absolute atomic E-state index is 0.0545. The van der Waals surface area contributed by atoms with Gasteiger partial charge in [-0.05, 0) is 38.1 Å². The van der Waals surface area contributed by atoms with E-state index in [1.54, 1.807) is 66.6 Å². The first kappa shape index (κ1) is 18.6. The van der Waals surface area contributed by atoms with Crippen molar-refractivity contribution in [3.8, 4) is 0 Å². The highest BCUT2D eigenvalue weighted by atomic mass is 32.1. The number of aromatic nitrogens is 3. The molecule has 27 heavy (non-hydrogen) atoms. The van der Waals surface area contributed by atoms with E-state index in [0.29, 0.717) is 11.4 Å². The van der Waals surface area contributed by atoms with Crippen LogP contribution in [0.3, 0.4) is 0 Å². The van der Waals surface area contributed by atoms with Gasteiger partial charge in [0.1, 0.15) is 12.6 Å². The van der Waals surface area contributed by atoms with Crippen LogP contribution in [0.5, 0.6) is 0 Å². The van der Waals surface area contributed by atoms with Gasteiger partial charge in [-0.1, -0.05) is 17.4 Å². The third-order valence-electron chi connectivity index (χ3n) is 3.99. The Labute approximate surface area is 159 Å². The predicted molar refractivity (Wildman–Crippen MR) is 104 cm³/mol. The molecule has 0 spiro atoms. The second-order valence-corrected chi connectivity index (χ2v) is 6.83. The van der Waals surface area contributed by atoms with Crippen LogP contribution in [-0.2, 0) is 16.1 Å². The van der Waals surface area contributed by atoms with Crippen LogP contribution in [0, 0.1) is 6.92 Å². The molecule has 0 aliphatic carbocycles. The van der Waals surface area contributed by atoms with Crippen molar-refractivity contribution in [2.45, 2.75) is 26.4 Å². The quantitative estimate of drug-likeness (QED) is 0.680. The Hall–Kier alpha value is -3.20. The van der Waals surface area contributed by atoms with Gasteiger partial charge < -0.3 is 10.6 Å². The number of amides is 2. The maximum absolute atomic E-state index is 12.3. The second-order valence-electron chi connectivity index (χ2n) is 6.01. The fourth-order valence-corrected chi connectivity index (χ4v) is 3.23. The number of carbonyl (C=O) groups is 2. The van der Waals surface area contributed by atoms with Crippen molar-refractivity contribution in [2.24, 2.45) is 0 Å². The number of thiazole rings is 1. The highest BCUT2D eigenvalue weighted by Crippen LogP contribution is 2.17. The molecule has 2 aromatic heterocycles. The van der Waals surface area contributed by atoms with Crippen LogP contribution in [0.2, 0.25) is 0 Å². The van der Waals surface area contributed by atoms with Gasteiger partial charge in [-0.2, -0.15) is 5.10 Å². The van der Waals surface area contributed by atoms with Gasteiger partial charge >= 0.3 is 4.87 Å². The van der Waals surface area contributed by atoms with Gasteiger partial charge in [0, 0.05) is 34.8 Å². The summed E-state index contributed by atoms with van der Waals surface area (Å²) in [5.41, 5.74) is 1.83. The zero-order chi connectivity index (χ0) is 19.4. The fourth-order valence-electron chi connectivity index (χ4n) is 2.49. The number of carbonyl (C=O) groups excluding carboxylic acids is 2. The minimum Gasteiger partial charge on any atom is -0.324 e. The van der Waals surface area contributed by atoms with Gasteiger partial charge in [0.25, 0.3) is 0 Å². The van der Waals surface area contributed by atoms with Crippen LogP contribution in [0.1, 0.15) is 18.7 Å². The molecule has 3 aromatic rings. The molecular weight excluding hydrogens is 366 g/mol. The Kier molecular flexibility index (Phi) is 5.51. The van der Waals surface area contributed by atoms with Gasteiger partial charge in [-0.3, -0.25) is 23.6 Å². The SMILES string of the molecule is Cc1csc(=O)n1CC(=O)Nc1cccc(NC(=O)C(C)n2cccn2)c1.